The molecule has 0 aliphatic heterocycles. The van der Waals surface area contributed by atoms with Gasteiger partial charge in [-0.25, -0.2) is 15.0 Å². The number of nitrogens with zero attached hydrogens (tertiary/aromatic N) is 1. The third-order valence-electron chi connectivity index (χ3n) is 10.9. The van der Waals surface area contributed by atoms with Crippen LogP contribution in [0.5, 0.6) is 0 Å². The minimum Gasteiger partial charge on any atom is -0.465 e. The van der Waals surface area contributed by atoms with Gasteiger partial charge >= 0.3 is 16.8 Å². The molecule has 0 atom stereocenters. The van der Waals surface area contributed by atoms with Crippen molar-refractivity contribution < 1.29 is 27.5 Å². The summed E-state index contributed by atoms with van der Waals surface area (Å²) in [6, 6.07) is 6.85. The van der Waals surface area contributed by atoms with E-state index in [-0.39, 0.29) is 29.7 Å². The molecule has 0 amide bonds. The van der Waals surface area contributed by atoms with Gasteiger partial charge in [0.25, 0.3) is 9.84 Å². The van der Waals surface area contributed by atoms with Gasteiger partial charge in [-0.15, -0.1) is 0 Å². The fourth-order valence-electron chi connectivity index (χ4n) is 7.73. The van der Waals surface area contributed by atoms with Gasteiger partial charge in [-0.2, -0.15) is 0 Å². The Bertz CT molecular complexity index is 1200. The van der Waals surface area contributed by atoms with E-state index >= 15 is 0 Å². The topological polar surface area (TPSA) is 91.1 Å². The molecule has 0 heterocycles. The van der Waals surface area contributed by atoms with Crippen molar-refractivity contribution in [3.05, 3.63) is 41.2 Å². The first-order valence-corrected chi connectivity index (χ1v) is 20.1. The molecule has 0 saturated heterocycles. The Morgan fingerprint density at radius 1 is 0.723 bits per heavy atom. The Hall–Kier alpha value is -2.40. The van der Waals surface area contributed by atoms with Gasteiger partial charge in [0.1, 0.15) is 0 Å². The first kappa shape index (κ1) is 39.0. The molecule has 0 N–H and O–H groups in total. The van der Waals surface area contributed by atoms with E-state index in [9.17, 15) is 18.0 Å². The molecule has 8 heteroatoms. The lowest BCUT2D eigenvalue weighted by molar-refractivity contribution is -0.157. The van der Waals surface area contributed by atoms with Crippen LogP contribution in [0, 0.1) is 24.3 Å². The number of rotatable bonds is 22. The Morgan fingerprint density at radius 3 is 1.53 bits per heavy atom. The maximum absolute atomic E-state index is 14.1. The number of hydrogen-bond acceptors (Lipinski definition) is 6. The van der Waals surface area contributed by atoms with E-state index in [4.69, 9.17) is 16.0 Å². The van der Waals surface area contributed by atoms with Crippen molar-refractivity contribution in [2.45, 2.75) is 172 Å². The smallest absolute Gasteiger partial charge is 0.333 e. The molecule has 0 radical (unpaired) electrons. The maximum atomic E-state index is 14.1. The number of benzene rings is 1. The summed E-state index contributed by atoms with van der Waals surface area (Å²) in [6.07, 6.45) is 17.8. The lowest BCUT2D eigenvalue weighted by atomic mass is 9.80. The first-order chi connectivity index (χ1) is 22.6. The van der Waals surface area contributed by atoms with Gasteiger partial charge in [0, 0.05) is 12.8 Å². The maximum Gasteiger partial charge on any atom is 0.333 e. The van der Waals surface area contributed by atoms with Crippen molar-refractivity contribution in [2.24, 2.45) is 10.8 Å². The van der Waals surface area contributed by atoms with Crippen molar-refractivity contribution in [3.8, 4) is 0 Å². The monoisotopic (exact) mass is 671 g/mol. The van der Waals surface area contributed by atoms with Gasteiger partial charge in [0.2, 0.25) is 0 Å². The van der Waals surface area contributed by atoms with Crippen molar-refractivity contribution in [2.75, 3.05) is 13.2 Å². The van der Waals surface area contributed by atoms with E-state index < -0.39 is 25.5 Å². The van der Waals surface area contributed by atoms with Crippen LogP contribution in [0.4, 0.5) is 0 Å². The molecule has 2 fully saturated rings. The van der Waals surface area contributed by atoms with Crippen molar-refractivity contribution in [1.29, 1.82) is 0 Å². The molecule has 1 aromatic carbocycles. The summed E-state index contributed by atoms with van der Waals surface area (Å²) in [5, 5.41) is 0. The number of ether oxygens (including phenoxy) is 2. The second-order valence-corrected chi connectivity index (χ2v) is 16.7. The summed E-state index contributed by atoms with van der Waals surface area (Å²) in [5.41, 5.74) is 0.163. The Morgan fingerprint density at radius 2 is 1.15 bits per heavy atom. The fraction of sp³-hybridized carbons (Fsp3) is 0.769. The second-order valence-electron chi connectivity index (χ2n) is 14.4. The molecule has 2 aliphatic rings. The number of carbonyl (C=O) groups is 2. The summed E-state index contributed by atoms with van der Waals surface area (Å²) in [7, 11) is -3.91. The fourth-order valence-corrected chi connectivity index (χ4v) is 9.61. The summed E-state index contributed by atoms with van der Waals surface area (Å²) in [4.78, 5) is 28.7. The molecule has 2 aliphatic carbocycles. The Labute approximate surface area is 285 Å². The number of carbonyl (C=O) groups excluding carboxylic acids is 2. The van der Waals surface area contributed by atoms with Crippen LogP contribution in [0.2, 0.25) is 0 Å². The summed E-state index contributed by atoms with van der Waals surface area (Å²) >= 11 is 0. The molecule has 264 valence electrons. The highest BCUT2D eigenvalue weighted by Gasteiger charge is 2.51. The molecule has 0 spiro atoms. The Kier molecular flexibility index (Phi) is 15.7. The van der Waals surface area contributed by atoms with Crippen LogP contribution < -0.4 is 0 Å². The van der Waals surface area contributed by atoms with Crippen molar-refractivity contribution in [1.82, 2.24) is 0 Å². The van der Waals surface area contributed by atoms with E-state index in [1.807, 2.05) is 6.92 Å². The summed E-state index contributed by atoms with van der Waals surface area (Å²) < 4.78 is 39.6. The van der Waals surface area contributed by atoms with E-state index in [2.05, 4.69) is 18.7 Å². The third kappa shape index (κ3) is 10.3. The molecule has 3 rings (SSSR count). The van der Waals surface area contributed by atoms with E-state index in [0.717, 1.165) is 121 Å². The highest BCUT2D eigenvalue weighted by Crippen LogP contribution is 2.45. The number of unbranched alkanes of at least 4 members (excludes halogenated alkanes) is 6. The molecule has 1 aromatic rings. The van der Waals surface area contributed by atoms with Gasteiger partial charge in [-0.3, -0.25) is 14.4 Å². The molecule has 0 unspecified atom stereocenters. The van der Waals surface area contributed by atoms with Gasteiger partial charge in [0.05, 0.1) is 28.9 Å². The predicted molar refractivity (Wildman–Crippen MR) is 187 cm³/mol. The Balaban J connectivity index is 1.63. The molecular formula is C39H61NO6S. The molecule has 7 nitrogen and oxygen atoms in total. The highest BCUT2D eigenvalue weighted by atomic mass is 32.2. The van der Waals surface area contributed by atoms with Crippen LogP contribution in [0.3, 0.4) is 0 Å². The molecule has 0 bridgehead atoms. The first-order valence-electron chi connectivity index (χ1n) is 18.6. The quantitative estimate of drug-likeness (QED) is 0.0692. The number of aryl methyl sites for hydroxylation is 1. The molecule has 0 aromatic heterocycles. The lowest BCUT2D eigenvalue weighted by Gasteiger charge is -2.27. The van der Waals surface area contributed by atoms with E-state index in [1.165, 1.54) is 0 Å². The van der Waals surface area contributed by atoms with Crippen LogP contribution in [0.1, 0.15) is 161 Å². The summed E-state index contributed by atoms with van der Waals surface area (Å²) in [6.45, 7) is 15.3. The minimum absolute atomic E-state index is 0.0606. The number of hydrogen-bond donors (Lipinski definition) is 0. The zero-order chi connectivity index (χ0) is 34.2. The highest BCUT2D eigenvalue weighted by molar-refractivity contribution is 7.93. The van der Waals surface area contributed by atoms with Crippen LogP contribution in [0.25, 0.3) is 4.85 Å². The van der Waals surface area contributed by atoms with Crippen LogP contribution in [-0.2, 0) is 28.9 Å². The van der Waals surface area contributed by atoms with E-state index in [0.29, 0.717) is 26.1 Å². The standard InChI is InChI=1S/C39H61NO6S/c1-5-7-31-45-35(41)37(25-15-16-26-37)23-11-9-13-29-39(40-4,47(43,44)34-21-19-33(3)20-22-34)30-14-10-12-24-38(27-17-18-28-38)36(42)46-32-8-6-2/h19-22H,5-18,23-32H2,1-3H3. The SMILES string of the molecule is [C-]#[N+]C(CCCCCC1(C(=O)OCCCC)CCCC1)(CCCCCC1(C(=O)OCCCC)CCCC1)S(=O)(=O)c1ccc(C)cc1. The zero-order valence-electron chi connectivity index (χ0n) is 29.6. The third-order valence-corrected chi connectivity index (χ3v) is 13.3. The lowest BCUT2D eigenvalue weighted by Crippen LogP contribution is -2.35. The van der Waals surface area contributed by atoms with Crippen LogP contribution in [0.15, 0.2) is 29.2 Å². The number of esters is 2. The minimum atomic E-state index is -3.91. The molecular weight excluding hydrogens is 610 g/mol. The summed E-state index contributed by atoms with van der Waals surface area (Å²) in [5.74, 6) is -0.121. The van der Waals surface area contributed by atoms with Gasteiger partial charge in [0.15, 0.2) is 0 Å². The average molecular weight is 672 g/mol. The van der Waals surface area contributed by atoms with Crippen LogP contribution >= 0.6 is 0 Å². The van der Waals surface area contributed by atoms with Crippen molar-refractivity contribution in [3.63, 3.8) is 0 Å². The molecule has 47 heavy (non-hydrogen) atoms. The van der Waals surface area contributed by atoms with Crippen LogP contribution in [-0.4, -0.2) is 38.4 Å². The van der Waals surface area contributed by atoms with Gasteiger partial charge < -0.3 is 9.47 Å². The van der Waals surface area contributed by atoms with E-state index in [1.54, 1.807) is 24.3 Å². The largest absolute Gasteiger partial charge is 0.465 e. The number of sulfone groups is 1. The van der Waals surface area contributed by atoms with Gasteiger partial charge in [-0.1, -0.05) is 95.8 Å². The average Bonchev–Trinajstić information content (AvgIpc) is 3.75. The van der Waals surface area contributed by atoms with Gasteiger partial charge in [-0.05, 0) is 83.3 Å². The normalized spacial score (nSPS) is 17.3. The zero-order valence-corrected chi connectivity index (χ0v) is 30.4. The predicted octanol–water partition coefficient (Wildman–Crippen LogP) is 10.1. The second kappa shape index (κ2) is 19.0. The van der Waals surface area contributed by atoms with Crippen molar-refractivity contribution >= 4 is 21.8 Å². The molecule has 2 saturated carbocycles.